The number of nitrogens with zero attached hydrogens (tertiary/aromatic N) is 1. The van der Waals surface area contributed by atoms with E-state index in [0.717, 1.165) is 42.7 Å². The molecule has 1 aromatic rings. The SMILES string of the molecule is C=C1CCC(N2Cc3cc(C[C@H]4CCCC[C@@H]4N[C@H](C)[C@@H]4CCCO4)ccc3C2=O)C(=O)N1. The van der Waals surface area contributed by atoms with E-state index in [1.165, 1.54) is 37.7 Å². The van der Waals surface area contributed by atoms with E-state index < -0.39 is 6.04 Å². The van der Waals surface area contributed by atoms with Gasteiger partial charge < -0.3 is 20.3 Å². The van der Waals surface area contributed by atoms with Crippen molar-refractivity contribution in [2.45, 2.75) is 95.5 Å². The van der Waals surface area contributed by atoms with E-state index in [4.69, 9.17) is 4.74 Å². The number of nitrogens with one attached hydrogen (secondary N) is 2. The predicted octanol–water partition coefficient (Wildman–Crippen LogP) is 3.69. The summed E-state index contributed by atoms with van der Waals surface area (Å²) in [7, 11) is 0. The van der Waals surface area contributed by atoms with E-state index in [-0.39, 0.29) is 11.8 Å². The fourth-order valence-corrected chi connectivity index (χ4v) is 6.25. The van der Waals surface area contributed by atoms with Crippen molar-refractivity contribution in [1.82, 2.24) is 15.5 Å². The smallest absolute Gasteiger partial charge is 0.255 e. The Balaban J connectivity index is 1.25. The zero-order valence-electron chi connectivity index (χ0n) is 19.8. The lowest BCUT2D eigenvalue weighted by molar-refractivity contribution is -0.126. The molecule has 0 aromatic heterocycles. The third kappa shape index (κ3) is 4.73. The van der Waals surface area contributed by atoms with Crippen LogP contribution in [0.1, 0.15) is 79.8 Å². The molecule has 33 heavy (non-hydrogen) atoms. The molecule has 2 N–H and O–H groups in total. The van der Waals surface area contributed by atoms with Crippen molar-refractivity contribution in [3.8, 4) is 0 Å². The van der Waals surface area contributed by atoms with Gasteiger partial charge in [-0.15, -0.1) is 0 Å². The highest BCUT2D eigenvalue weighted by molar-refractivity contribution is 6.01. The second-order valence-electron chi connectivity index (χ2n) is 10.4. The zero-order valence-corrected chi connectivity index (χ0v) is 19.8. The molecule has 3 fully saturated rings. The summed E-state index contributed by atoms with van der Waals surface area (Å²) in [5.74, 6) is 0.472. The molecular weight excluding hydrogens is 414 g/mol. The van der Waals surface area contributed by atoms with Gasteiger partial charge >= 0.3 is 0 Å². The van der Waals surface area contributed by atoms with Gasteiger partial charge in [-0.1, -0.05) is 31.6 Å². The average Bonchev–Trinajstić information content (AvgIpc) is 3.44. The first-order chi connectivity index (χ1) is 16.0. The maximum Gasteiger partial charge on any atom is 0.255 e. The van der Waals surface area contributed by atoms with E-state index in [2.05, 4.69) is 36.3 Å². The van der Waals surface area contributed by atoms with Crippen molar-refractivity contribution in [2.24, 2.45) is 5.92 Å². The average molecular weight is 452 g/mol. The van der Waals surface area contributed by atoms with Crippen LogP contribution in [0.15, 0.2) is 30.5 Å². The van der Waals surface area contributed by atoms with Gasteiger partial charge in [-0.2, -0.15) is 0 Å². The number of piperidine rings is 1. The molecule has 1 unspecified atom stereocenters. The normalized spacial score (nSPS) is 30.9. The third-order valence-corrected chi connectivity index (χ3v) is 8.11. The van der Waals surface area contributed by atoms with Gasteiger partial charge in [0.05, 0.1) is 6.10 Å². The number of rotatable bonds is 6. The number of allylic oxidation sites excluding steroid dienone is 1. The molecule has 0 spiro atoms. The minimum Gasteiger partial charge on any atom is -0.377 e. The topological polar surface area (TPSA) is 70.7 Å². The Hall–Kier alpha value is -2.18. The monoisotopic (exact) mass is 451 g/mol. The molecule has 6 nitrogen and oxygen atoms in total. The molecule has 1 aromatic carbocycles. The highest BCUT2D eigenvalue weighted by Gasteiger charge is 2.38. The summed E-state index contributed by atoms with van der Waals surface area (Å²) in [6.45, 7) is 7.54. The Labute approximate surface area is 197 Å². The van der Waals surface area contributed by atoms with Crippen molar-refractivity contribution in [2.75, 3.05) is 6.61 Å². The van der Waals surface area contributed by atoms with Crippen molar-refractivity contribution in [3.05, 3.63) is 47.2 Å². The summed E-state index contributed by atoms with van der Waals surface area (Å²) < 4.78 is 5.91. The molecule has 1 aliphatic carbocycles. The van der Waals surface area contributed by atoms with Crippen LogP contribution in [0.25, 0.3) is 0 Å². The van der Waals surface area contributed by atoms with Crippen LogP contribution in [0.3, 0.4) is 0 Å². The molecule has 0 radical (unpaired) electrons. The van der Waals surface area contributed by atoms with Crippen LogP contribution in [-0.4, -0.2) is 47.6 Å². The Bertz CT molecular complexity index is 923. The fourth-order valence-electron chi connectivity index (χ4n) is 6.25. The summed E-state index contributed by atoms with van der Waals surface area (Å²) >= 11 is 0. The second-order valence-corrected chi connectivity index (χ2v) is 10.4. The first kappa shape index (κ1) is 22.6. The minimum atomic E-state index is -0.398. The van der Waals surface area contributed by atoms with Crippen molar-refractivity contribution >= 4 is 11.8 Å². The van der Waals surface area contributed by atoms with Gasteiger partial charge in [0.2, 0.25) is 5.91 Å². The maximum absolute atomic E-state index is 13.0. The lowest BCUT2D eigenvalue weighted by Crippen LogP contribution is -2.49. The van der Waals surface area contributed by atoms with E-state index in [1.54, 1.807) is 4.90 Å². The molecule has 3 aliphatic heterocycles. The van der Waals surface area contributed by atoms with Gasteiger partial charge in [0.25, 0.3) is 5.91 Å². The second kappa shape index (κ2) is 9.59. The van der Waals surface area contributed by atoms with Crippen LogP contribution < -0.4 is 10.6 Å². The molecule has 5 atom stereocenters. The third-order valence-electron chi connectivity index (χ3n) is 8.11. The molecule has 5 rings (SSSR count). The van der Waals surface area contributed by atoms with Gasteiger partial charge in [0, 0.05) is 36.5 Å². The van der Waals surface area contributed by atoms with Gasteiger partial charge in [-0.05, 0) is 75.0 Å². The molecule has 178 valence electrons. The molecule has 1 saturated carbocycles. The molecular formula is C27H37N3O3. The molecule has 2 saturated heterocycles. The number of hydrogen-bond donors (Lipinski definition) is 2. The standard InChI is InChI=1S/C27H37N3O3/c1-17-9-12-24(26(31)28-17)30-16-21-15-19(10-11-22(21)27(30)32)14-20-6-3-4-7-23(20)29-18(2)25-8-5-13-33-25/h10-11,15,18,20,23-25,29H,1,3-9,12-14,16H2,2H3,(H,28,31)/t18-,20-,23+,24?,25+/m1/s1. The highest BCUT2D eigenvalue weighted by Crippen LogP contribution is 2.32. The fraction of sp³-hybridized carbons (Fsp3) is 0.630. The summed E-state index contributed by atoms with van der Waals surface area (Å²) in [5, 5.41) is 6.73. The van der Waals surface area contributed by atoms with Crippen molar-refractivity contribution in [1.29, 1.82) is 0 Å². The number of carbonyl (C=O) groups is 2. The summed E-state index contributed by atoms with van der Waals surface area (Å²) in [6, 6.07) is 6.82. The Morgan fingerprint density at radius 3 is 2.82 bits per heavy atom. The summed E-state index contributed by atoms with van der Waals surface area (Å²) in [5.41, 5.74) is 3.85. The van der Waals surface area contributed by atoms with Crippen LogP contribution in [0.4, 0.5) is 0 Å². The van der Waals surface area contributed by atoms with Gasteiger partial charge in [0.15, 0.2) is 0 Å². The molecule has 4 aliphatic rings. The predicted molar refractivity (Wildman–Crippen MR) is 128 cm³/mol. The van der Waals surface area contributed by atoms with E-state index in [1.807, 2.05) is 6.07 Å². The first-order valence-electron chi connectivity index (χ1n) is 12.8. The number of fused-ring (bicyclic) bond motifs is 1. The first-order valence-corrected chi connectivity index (χ1v) is 12.8. The molecule has 3 heterocycles. The number of hydrogen-bond acceptors (Lipinski definition) is 4. The number of benzene rings is 1. The van der Waals surface area contributed by atoms with Crippen molar-refractivity contribution in [3.63, 3.8) is 0 Å². The number of ether oxygens (including phenoxy) is 1. The van der Waals surface area contributed by atoms with Crippen LogP contribution in [-0.2, 0) is 22.5 Å². The zero-order chi connectivity index (χ0) is 22.9. The van der Waals surface area contributed by atoms with Crippen LogP contribution in [0.2, 0.25) is 0 Å². The van der Waals surface area contributed by atoms with Crippen LogP contribution >= 0.6 is 0 Å². The molecule has 0 bridgehead atoms. The highest BCUT2D eigenvalue weighted by atomic mass is 16.5. The van der Waals surface area contributed by atoms with E-state index in [0.29, 0.717) is 37.1 Å². The molecule has 6 heteroatoms. The largest absolute Gasteiger partial charge is 0.377 e. The van der Waals surface area contributed by atoms with E-state index >= 15 is 0 Å². The Morgan fingerprint density at radius 1 is 1.18 bits per heavy atom. The number of carbonyl (C=O) groups excluding carboxylic acids is 2. The summed E-state index contributed by atoms with van der Waals surface area (Å²) in [6.07, 6.45) is 10.1. The summed E-state index contributed by atoms with van der Waals surface area (Å²) in [4.78, 5) is 27.2. The van der Waals surface area contributed by atoms with Crippen molar-refractivity contribution < 1.29 is 14.3 Å². The van der Waals surface area contributed by atoms with Gasteiger partial charge in [-0.3, -0.25) is 9.59 Å². The lowest BCUT2D eigenvalue weighted by atomic mass is 9.80. The Morgan fingerprint density at radius 2 is 2.03 bits per heavy atom. The lowest BCUT2D eigenvalue weighted by Gasteiger charge is -2.36. The number of amides is 2. The van der Waals surface area contributed by atoms with Crippen LogP contribution in [0.5, 0.6) is 0 Å². The van der Waals surface area contributed by atoms with Gasteiger partial charge in [0.1, 0.15) is 6.04 Å². The quantitative estimate of drug-likeness (QED) is 0.692. The molecule has 2 amide bonds. The van der Waals surface area contributed by atoms with E-state index in [9.17, 15) is 9.59 Å². The maximum atomic E-state index is 13.0. The van der Waals surface area contributed by atoms with Gasteiger partial charge in [-0.25, -0.2) is 0 Å². The Kier molecular flexibility index (Phi) is 6.57. The minimum absolute atomic E-state index is 0.0215. The van der Waals surface area contributed by atoms with Crippen LogP contribution in [0, 0.1) is 5.92 Å².